The SMILES string of the molecule is CS(=O)(=O)Cc1ccc(N2C[C@@H]3[C@@H]4CC[C@@H](C4)[C@@H]3C2)nc1. The second-order valence-corrected chi connectivity index (χ2v) is 9.30. The first kappa shape index (κ1) is 13.6. The van der Waals surface area contributed by atoms with E-state index in [0.717, 1.165) is 48.1 Å². The number of rotatable bonds is 3. The van der Waals surface area contributed by atoms with Gasteiger partial charge >= 0.3 is 0 Å². The first-order valence-electron chi connectivity index (χ1n) is 7.87. The third-order valence-electron chi connectivity index (χ3n) is 5.70. The van der Waals surface area contributed by atoms with Gasteiger partial charge in [-0.05, 0) is 54.6 Å². The van der Waals surface area contributed by atoms with Gasteiger partial charge in [-0.2, -0.15) is 0 Å². The van der Waals surface area contributed by atoms with Gasteiger partial charge in [0.05, 0.1) is 5.75 Å². The van der Waals surface area contributed by atoms with Crippen molar-refractivity contribution in [1.82, 2.24) is 4.98 Å². The topological polar surface area (TPSA) is 50.3 Å². The van der Waals surface area contributed by atoms with Gasteiger partial charge < -0.3 is 4.90 Å². The lowest BCUT2D eigenvalue weighted by Crippen LogP contribution is -2.23. The molecule has 1 aromatic rings. The minimum Gasteiger partial charge on any atom is -0.356 e. The summed E-state index contributed by atoms with van der Waals surface area (Å²) in [4.78, 5) is 6.91. The average molecular weight is 306 g/mol. The predicted molar refractivity (Wildman–Crippen MR) is 82.8 cm³/mol. The Morgan fingerprint density at radius 2 is 1.86 bits per heavy atom. The molecule has 1 saturated heterocycles. The van der Waals surface area contributed by atoms with E-state index in [4.69, 9.17) is 0 Å². The number of nitrogens with zero attached hydrogens (tertiary/aromatic N) is 2. The van der Waals surface area contributed by atoms with E-state index in [0.29, 0.717) is 0 Å². The van der Waals surface area contributed by atoms with E-state index in [2.05, 4.69) is 9.88 Å². The molecule has 3 fully saturated rings. The molecule has 1 aromatic heterocycles. The summed E-state index contributed by atoms with van der Waals surface area (Å²) in [6.07, 6.45) is 7.31. The summed E-state index contributed by atoms with van der Waals surface area (Å²) in [5.41, 5.74) is 0.778. The van der Waals surface area contributed by atoms with E-state index in [1.54, 1.807) is 6.20 Å². The van der Waals surface area contributed by atoms with Gasteiger partial charge in [-0.3, -0.25) is 0 Å². The van der Waals surface area contributed by atoms with Crippen LogP contribution in [0.5, 0.6) is 0 Å². The highest BCUT2D eigenvalue weighted by molar-refractivity contribution is 7.89. The number of hydrogen-bond acceptors (Lipinski definition) is 4. The molecule has 0 N–H and O–H groups in total. The molecule has 114 valence electrons. The molecule has 4 atom stereocenters. The molecule has 2 heterocycles. The van der Waals surface area contributed by atoms with Crippen molar-refractivity contribution < 1.29 is 8.42 Å². The molecule has 0 aromatic carbocycles. The van der Waals surface area contributed by atoms with Gasteiger partial charge in [0.2, 0.25) is 0 Å². The monoisotopic (exact) mass is 306 g/mol. The molecule has 4 rings (SSSR count). The third-order valence-corrected chi connectivity index (χ3v) is 6.56. The van der Waals surface area contributed by atoms with Crippen LogP contribution in [-0.4, -0.2) is 32.7 Å². The second-order valence-electron chi connectivity index (χ2n) is 7.16. The molecule has 21 heavy (non-hydrogen) atoms. The van der Waals surface area contributed by atoms with E-state index in [9.17, 15) is 8.42 Å². The van der Waals surface area contributed by atoms with Gasteiger partial charge in [-0.25, -0.2) is 13.4 Å². The number of aromatic nitrogens is 1. The van der Waals surface area contributed by atoms with Gasteiger partial charge in [-0.15, -0.1) is 0 Å². The van der Waals surface area contributed by atoms with Crippen molar-refractivity contribution in [2.75, 3.05) is 24.2 Å². The molecule has 0 amide bonds. The first-order chi connectivity index (χ1) is 9.99. The average Bonchev–Trinajstić information content (AvgIpc) is 3.10. The van der Waals surface area contributed by atoms with Crippen molar-refractivity contribution in [1.29, 1.82) is 0 Å². The van der Waals surface area contributed by atoms with Crippen LogP contribution in [0.1, 0.15) is 24.8 Å². The van der Waals surface area contributed by atoms with Gasteiger partial charge in [0.15, 0.2) is 9.84 Å². The van der Waals surface area contributed by atoms with Crippen LogP contribution in [0.3, 0.4) is 0 Å². The fourth-order valence-electron chi connectivity index (χ4n) is 4.86. The molecule has 0 unspecified atom stereocenters. The van der Waals surface area contributed by atoms with Gasteiger partial charge in [-0.1, -0.05) is 6.07 Å². The van der Waals surface area contributed by atoms with Crippen LogP contribution in [0.15, 0.2) is 18.3 Å². The van der Waals surface area contributed by atoms with Gasteiger partial charge in [0.25, 0.3) is 0 Å². The molecule has 2 bridgehead atoms. The maximum absolute atomic E-state index is 11.3. The normalized spacial score (nSPS) is 34.4. The predicted octanol–water partition coefficient (Wildman–Crippen LogP) is 2.11. The number of fused-ring (bicyclic) bond motifs is 5. The number of hydrogen-bond donors (Lipinski definition) is 0. The van der Waals surface area contributed by atoms with Crippen LogP contribution in [0.25, 0.3) is 0 Å². The summed E-state index contributed by atoms with van der Waals surface area (Å²) in [5, 5.41) is 0. The minimum atomic E-state index is -2.98. The van der Waals surface area contributed by atoms with Gasteiger partial charge in [0, 0.05) is 25.5 Å². The Morgan fingerprint density at radius 1 is 1.19 bits per heavy atom. The maximum atomic E-state index is 11.3. The van der Waals surface area contributed by atoms with Crippen LogP contribution in [0.2, 0.25) is 0 Å². The lowest BCUT2D eigenvalue weighted by molar-refractivity contribution is 0.281. The lowest BCUT2D eigenvalue weighted by atomic mass is 9.82. The summed E-state index contributed by atoms with van der Waals surface area (Å²) in [6, 6.07) is 3.90. The molecule has 4 nitrogen and oxygen atoms in total. The second kappa shape index (κ2) is 4.70. The van der Waals surface area contributed by atoms with Crippen molar-refractivity contribution in [3.05, 3.63) is 23.9 Å². The zero-order chi connectivity index (χ0) is 14.6. The van der Waals surface area contributed by atoms with Crippen molar-refractivity contribution in [2.24, 2.45) is 23.7 Å². The zero-order valence-electron chi connectivity index (χ0n) is 12.4. The van der Waals surface area contributed by atoms with Crippen LogP contribution in [0, 0.1) is 23.7 Å². The van der Waals surface area contributed by atoms with E-state index in [-0.39, 0.29) is 5.75 Å². The summed E-state index contributed by atoms with van der Waals surface area (Å²) in [6.45, 7) is 2.29. The Kier molecular flexibility index (Phi) is 3.03. The molecule has 2 aliphatic carbocycles. The Bertz CT molecular complexity index is 623. The van der Waals surface area contributed by atoms with E-state index in [1.807, 2.05) is 12.1 Å². The molecular weight excluding hydrogens is 284 g/mol. The Labute approximate surface area is 126 Å². The summed E-state index contributed by atoms with van der Waals surface area (Å²) < 4.78 is 22.6. The molecule has 0 spiro atoms. The fourth-order valence-corrected chi connectivity index (χ4v) is 5.64. The Balaban J connectivity index is 1.48. The summed E-state index contributed by atoms with van der Waals surface area (Å²) in [5.74, 6) is 4.75. The fraction of sp³-hybridized carbons (Fsp3) is 0.688. The van der Waals surface area contributed by atoms with Crippen LogP contribution in [0.4, 0.5) is 5.82 Å². The van der Waals surface area contributed by atoms with Crippen molar-refractivity contribution in [3.8, 4) is 0 Å². The van der Waals surface area contributed by atoms with Crippen LogP contribution in [-0.2, 0) is 15.6 Å². The highest BCUT2D eigenvalue weighted by Crippen LogP contribution is 2.55. The van der Waals surface area contributed by atoms with Crippen molar-refractivity contribution in [3.63, 3.8) is 0 Å². The highest BCUT2D eigenvalue weighted by atomic mass is 32.2. The first-order valence-corrected chi connectivity index (χ1v) is 9.93. The smallest absolute Gasteiger partial charge is 0.151 e. The Morgan fingerprint density at radius 3 is 2.38 bits per heavy atom. The van der Waals surface area contributed by atoms with Crippen molar-refractivity contribution >= 4 is 15.7 Å². The van der Waals surface area contributed by atoms with Gasteiger partial charge in [0.1, 0.15) is 5.82 Å². The number of pyridine rings is 1. The molecule has 2 saturated carbocycles. The molecular formula is C16H22N2O2S. The van der Waals surface area contributed by atoms with E-state index < -0.39 is 9.84 Å². The van der Waals surface area contributed by atoms with Crippen molar-refractivity contribution in [2.45, 2.75) is 25.0 Å². The largest absolute Gasteiger partial charge is 0.356 e. The zero-order valence-corrected chi connectivity index (χ0v) is 13.2. The number of sulfone groups is 1. The highest BCUT2D eigenvalue weighted by Gasteiger charge is 2.51. The summed E-state index contributed by atoms with van der Waals surface area (Å²) >= 11 is 0. The molecule has 0 radical (unpaired) electrons. The third kappa shape index (κ3) is 2.45. The van der Waals surface area contributed by atoms with Crippen LogP contribution < -0.4 is 4.90 Å². The molecule has 3 aliphatic rings. The molecule has 1 aliphatic heterocycles. The summed E-state index contributed by atoms with van der Waals surface area (Å²) in [7, 11) is -2.98. The number of anilines is 1. The standard InChI is InChI=1S/C16H22N2O2S/c1-21(19,20)10-11-2-5-16(17-7-11)18-8-14-12-3-4-13(6-12)15(14)9-18/h2,5,7,12-15H,3-4,6,8-10H2,1H3/t12-,13+,14-,15+. The van der Waals surface area contributed by atoms with Crippen LogP contribution >= 0.6 is 0 Å². The van der Waals surface area contributed by atoms with E-state index >= 15 is 0 Å². The quantitative estimate of drug-likeness (QED) is 0.858. The maximum Gasteiger partial charge on any atom is 0.151 e. The Hall–Kier alpha value is -1.10. The van der Waals surface area contributed by atoms with E-state index in [1.165, 1.54) is 25.5 Å². The minimum absolute atomic E-state index is 0.0790. The molecule has 5 heteroatoms. The lowest BCUT2D eigenvalue weighted by Gasteiger charge is -2.22.